The molecule has 7 heteroatoms. The number of nitrogens with zero attached hydrogens (tertiary/aromatic N) is 1. The van der Waals surface area contributed by atoms with Crippen molar-refractivity contribution in [1.29, 1.82) is 0 Å². The monoisotopic (exact) mass is 453 g/mol. The van der Waals surface area contributed by atoms with Gasteiger partial charge in [0.05, 0.1) is 0 Å². The van der Waals surface area contributed by atoms with Crippen molar-refractivity contribution in [2.45, 2.75) is 32.1 Å². The zero-order valence-electron chi connectivity index (χ0n) is 19.4. The molecule has 1 aliphatic heterocycles. The first-order valence-electron chi connectivity index (χ1n) is 11.7. The Morgan fingerprint density at radius 3 is 2.09 bits per heavy atom. The molecule has 1 saturated heterocycles. The zero-order chi connectivity index (χ0) is 23.3. The number of rotatable bonds is 11. The Morgan fingerprint density at radius 1 is 0.848 bits per heavy atom. The van der Waals surface area contributed by atoms with E-state index in [1.54, 1.807) is 43.5 Å². The lowest BCUT2D eigenvalue weighted by atomic mass is 9.97. The molecule has 2 amide bonds. The third kappa shape index (κ3) is 8.18. The van der Waals surface area contributed by atoms with E-state index in [9.17, 15) is 9.59 Å². The molecule has 0 unspecified atom stereocenters. The van der Waals surface area contributed by atoms with Gasteiger partial charge in [0.15, 0.2) is 0 Å². The molecule has 0 spiro atoms. The number of ether oxygens (including phenoxy) is 2. The largest absolute Gasteiger partial charge is 0.385 e. The number of amides is 2. The number of hydrazine groups is 1. The summed E-state index contributed by atoms with van der Waals surface area (Å²) >= 11 is 0. The molecule has 2 aromatic rings. The summed E-state index contributed by atoms with van der Waals surface area (Å²) in [7, 11) is 1.74. The molecule has 178 valence electrons. The molecule has 1 fully saturated rings. The lowest BCUT2D eigenvalue weighted by Crippen LogP contribution is -2.41. The lowest BCUT2D eigenvalue weighted by Gasteiger charge is -2.33. The number of nitrogens with one attached hydrogen (secondary N) is 2. The maximum atomic E-state index is 12.4. The van der Waals surface area contributed by atoms with Gasteiger partial charge in [-0.3, -0.25) is 20.4 Å². The van der Waals surface area contributed by atoms with Gasteiger partial charge in [-0.05, 0) is 74.4 Å². The number of carbonyl (C=O) groups excluding carboxylic acids is 2. The molecule has 0 atom stereocenters. The van der Waals surface area contributed by atoms with Crippen LogP contribution in [0.2, 0.25) is 0 Å². The number of methoxy groups -OCH3 is 1. The molecule has 0 radical (unpaired) electrons. The predicted octanol–water partition coefficient (Wildman–Crippen LogP) is 3.81. The molecule has 7 nitrogen and oxygen atoms in total. The van der Waals surface area contributed by atoms with E-state index in [4.69, 9.17) is 9.47 Å². The van der Waals surface area contributed by atoms with Gasteiger partial charge in [-0.2, -0.15) is 0 Å². The number of piperidine rings is 1. The van der Waals surface area contributed by atoms with Crippen molar-refractivity contribution in [2.24, 2.45) is 5.92 Å². The van der Waals surface area contributed by atoms with Crippen LogP contribution in [0, 0.1) is 5.92 Å². The van der Waals surface area contributed by atoms with E-state index in [1.807, 2.05) is 18.2 Å². The fourth-order valence-electron chi connectivity index (χ4n) is 3.91. The molecule has 2 N–H and O–H groups in total. The van der Waals surface area contributed by atoms with Crippen LogP contribution in [0.25, 0.3) is 0 Å². The first-order chi connectivity index (χ1) is 16.2. The zero-order valence-corrected chi connectivity index (χ0v) is 19.4. The van der Waals surface area contributed by atoms with Crippen molar-refractivity contribution in [2.75, 3.05) is 44.9 Å². The van der Waals surface area contributed by atoms with Crippen LogP contribution in [0.3, 0.4) is 0 Å². The molecule has 0 saturated carbocycles. The summed E-state index contributed by atoms with van der Waals surface area (Å²) < 4.78 is 10.9. The van der Waals surface area contributed by atoms with Gasteiger partial charge in [0.25, 0.3) is 11.8 Å². The predicted molar refractivity (Wildman–Crippen MR) is 129 cm³/mol. The van der Waals surface area contributed by atoms with Crippen molar-refractivity contribution >= 4 is 17.5 Å². The van der Waals surface area contributed by atoms with Gasteiger partial charge >= 0.3 is 0 Å². The molecule has 0 aromatic heterocycles. The SMILES string of the molecule is COCCCCCOCC1CCN(c2ccc(C(=O)NNC(=O)c3ccccc3)cc2)CC1. The number of carbonyl (C=O) groups is 2. The second-order valence-corrected chi connectivity index (χ2v) is 8.38. The van der Waals surface area contributed by atoms with E-state index in [-0.39, 0.29) is 11.8 Å². The summed E-state index contributed by atoms with van der Waals surface area (Å²) in [5.41, 5.74) is 7.01. The molecule has 0 bridgehead atoms. The van der Waals surface area contributed by atoms with E-state index < -0.39 is 0 Å². The Balaban J connectivity index is 1.35. The van der Waals surface area contributed by atoms with Crippen molar-refractivity contribution in [3.63, 3.8) is 0 Å². The average Bonchev–Trinajstić information content (AvgIpc) is 2.87. The van der Waals surface area contributed by atoms with Crippen LogP contribution in [0.5, 0.6) is 0 Å². The van der Waals surface area contributed by atoms with Gasteiger partial charge in [-0.15, -0.1) is 0 Å². The molecule has 1 aliphatic rings. The Kier molecular flexibility index (Phi) is 10.2. The summed E-state index contributed by atoms with van der Waals surface area (Å²) in [5, 5.41) is 0. The smallest absolute Gasteiger partial charge is 0.269 e. The van der Waals surface area contributed by atoms with Crippen LogP contribution < -0.4 is 15.8 Å². The van der Waals surface area contributed by atoms with Crippen LogP contribution in [0.1, 0.15) is 52.8 Å². The van der Waals surface area contributed by atoms with Gasteiger partial charge in [0.2, 0.25) is 0 Å². The first-order valence-corrected chi connectivity index (χ1v) is 11.7. The molecule has 3 rings (SSSR count). The van der Waals surface area contributed by atoms with Crippen LogP contribution >= 0.6 is 0 Å². The normalized spacial score (nSPS) is 14.2. The second kappa shape index (κ2) is 13.6. The Bertz CT molecular complexity index is 850. The number of hydrogen-bond acceptors (Lipinski definition) is 5. The van der Waals surface area contributed by atoms with Gasteiger partial charge in [0, 0.05) is 56.8 Å². The average molecular weight is 454 g/mol. The minimum atomic E-state index is -0.349. The Labute approximate surface area is 196 Å². The third-order valence-electron chi connectivity index (χ3n) is 5.93. The van der Waals surface area contributed by atoms with Crippen molar-refractivity contribution < 1.29 is 19.1 Å². The summed E-state index contributed by atoms with van der Waals surface area (Å²) in [4.78, 5) is 26.8. The Hall–Kier alpha value is -2.90. The summed E-state index contributed by atoms with van der Waals surface area (Å²) in [6.07, 6.45) is 5.56. The van der Waals surface area contributed by atoms with E-state index in [2.05, 4.69) is 15.8 Å². The third-order valence-corrected chi connectivity index (χ3v) is 5.93. The van der Waals surface area contributed by atoms with Gasteiger partial charge in [-0.25, -0.2) is 0 Å². The van der Waals surface area contributed by atoms with Crippen LogP contribution in [0.4, 0.5) is 5.69 Å². The van der Waals surface area contributed by atoms with Crippen LogP contribution in [-0.4, -0.2) is 51.8 Å². The maximum Gasteiger partial charge on any atom is 0.269 e. The van der Waals surface area contributed by atoms with E-state index in [0.717, 1.165) is 70.7 Å². The van der Waals surface area contributed by atoms with E-state index in [1.165, 1.54) is 0 Å². The molecule has 0 aliphatic carbocycles. The van der Waals surface area contributed by atoms with Crippen LogP contribution in [-0.2, 0) is 9.47 Å². The van der Waals surface area contributed by atoms with Gasteiger partial charge in [-0.1, -0.05) is 18.2 Å². The fourth-order valence-corrected chi connectivity index (χ4v) is 3.91. The molecular formula is C26H35N3O4. The van der Waals surface area contributed by atoms with E-state index in [0.29, 0.717) is 17.0 Å². The highest BCUT2D eigenvalue weighted by Crippen LogP contribution is 2.24. The van der Waals surface area contributed by atoms with Crippen LogP contribution in [0.15, 0.2) is 54.6 Å². The quantitative estimate of drug-likeness (QED) is 0.400. The first kappa shape index (κ1) is 24.7. The number of anilines is 1. The summed E-state index contributed by atoms with van der Waals surface area (Å²) in [6.45, 7) is 4.47. The molecule has 33 heavy (non-hydrogen) atoms. The standard InChI is InChI=1S/C26H35N3O4/c1-32-18-6-3-7-19-33-20-21-14-16-29(17-15-21)24-12-10-23(11-13-24)26(31)28-27-25(30)22-8-4-2-5-9-22/h2,4-5,8-13,21H,3,6-7,14-20H2,1H3,(H,27,30)(H,28,31). The number of hydrogen-bond donors (Lipinski definition) is 2. The second-order valence-electron chi connectivity index (χ2n) is 8.38. The van der Waals surface area contributed by atoms with E-state index >= 15 is 0 Å². The van der Waals surface area contributed by atoms with Crippen molar-refractivity contribution in [1.82, 2.24) is 10.9 Å². The number of unbranched alkanes of at least 4 members (excludes halogenated alkanes) is 2. The minimum absolute atomic E-state index is 0.344. The topological polar surface area (TPSA) is 79.9 Å². The Morgan fingerprint density at radius 2 is 1.45 bits per heavy atom. The highest BCUT2D eigenvalue weighted by Gasteiger charge is 2.20. The lowest BCUT2D eigenvalue weighted by molar-refractivity contribution is 0.0846. The number of benzene rings is 2. The molecule has 1 heterocycles. The maximum absolute atomic E-state index is 12.4. The molecule has 2 aromatic carbocycles. The molecular weight excluding hydrogens is 418 g/mol. The van der Waals surface area contributed by atoms with Gasteiger partial charge < -0.3 is 14.4 Å². The summed E-state index contributed by atoms with van der Waals surface area (Å²) in [5.74, 6) is -0.0825. The van der Waals surface area contributed by atoms with Gasteiger partial charge in [0.1, 0.15) is 0 Å². The highest BCUT2D eigenvalue weighted by molar-refractivity contribution is 5.99. The van der Waals surface area contributed by atoms with Crippen molar-refractivity contribution in [3.8, 4) is 0 Å². The van der Waals surface area contributed by atoms with Crippen molar-refractivity contribution in [3.05, 3.63) is 65.7 Å². The highest BCUT2D eigenvalue weighted by atomic mass is 16.5. The summed E-state index contributed by atoms with van der Waals surface area (Å²) in [6, 6.07) is 16.3. The fraction of sp³-hybridized carbons (Fsp3) is 0.462. The minimum Gasteiger partial charge on any atom is -0.385 e.